The normalized spacial score (nSPS) is 11.6. The minimum absolute atomic E-state index is 0.0806. The fourth-order valence-electron chi connectivity index (χ4n) is 4.27. The number of rotatable bonds is 6. The van der Waals surface area contributed by atoms with Gasteiger partial charge in [-0.3, -0.25) is 4.79 Å². The number of aromatic nitrogens is 3. The molecule has 0 amide bonds. The summed E-state index contributed by atoms with van der Waals surface area (Å²) in [4.78, 5) is 13.9. The minimum Gasteiger partial charge on any atom is -0.505 e. The molecule has 186 valence electrons. The molecular weight excluding hydrogens is 462 g/mol. The molecule has 0 aliphatic rings. The third-order valence-electron chi connectivity index (χ3n) is 6.23. The second kappa shape index (κ2) is 9.54. The SMILES string of the molecule is Cc1cc(-n2nc3ccc(Oc4ccc(CC(=O)c5ccccc5)cc4)cc3n2)c(O)c(C(C)(C)C)c1. The molecule has 0 saturated carbocycles. The van der Waals surface area contributed by atoms with Crippen LogP contribution in [-0.4, -0.2) is 25.9 Å². The van der Waals surface area contributed by atoms with Gasteiger partial charge in [-0.05, 0) is 53.8 Å². The molecule has 5 rings (SSSR count). The highest BCUT2D eigenvalue weighted by Crippen LogP contribution is 2.36. The number of ketones is 1. The Kier molecular flexibility index (Phi) is 6.25. The number of hydrogen-bond donors (Lipinski definition) is 1. The van der Waals surface area contributed by atoms with Crippen molar-refractivity contribution in [1.29, 1.82) is 0 Å². The van der Waals surface area contributed by atoms with Crippen molar-refractivity contribution in [2.24, 2.45) is 0 Å². The molecule has 0 aliphatic heterocycles. The Balaban J connectivity index is 1.35. The van der Waals surface area contributed by atoms with Crippen LogP contribution in [0.4, 0.5) is 0 Å². The van der Waals surface area contributed by atoms with Crippen molar-refractivity contribution >= 4 is 16.8 Å². The van der Waals surface area contributed by atoms with Gasteiger partial charge in [0.2, 0.25) is 0 Å². The average molecular weight is 492 g/mol. The lowest BCUT2D eigenvalue weighted by atomic mass is 9.85. The van der Waals surface area contributed by atoms with Gasteiger partial charge in [0.15, 0.2) is 5.78 Å². The molecule has 0 bridgehead atoms. The fourth-order valence-corrected chi connectivity index (χ4v) is 4.27. The molecule has 0 spiro atoms. The summed E-state index contributed by atoms with van der Waals surface area (Å²) >= 11 is 0. The van der Waals surface area contributed by atoms with Gasteiger partial charge in [-0.2, -0.15) is 0 Å². The van der Waals surface area contributed by atoms with Crippen LogP contribution in [0.25, 0.3) is 16.7 Å². The first kappa shape index (κ1) is 24.3. The quantitative estimate of drug-likeness (QED) is 0.260. The number of fused-ring (bicyclic) bond motifs is 1. The van der Waals surface area contributed by atoms with E-state index in [2.05, 4.69) is 31.0 Å². The minimum atomic E-state index is -0.219. The monoisotopic (exact) mass is 491 g/mol. The number of aryl methyl sites for hydroxylation is 1. The summed E-state index contributed by atoms with van der Waals surface area (Å²) in [6.07, 6.45) is 0.335. The molecule has 6 nitrogen and oxygen atoms in total. The Morgan fingerprint density at radius 1 is 0.865 bits per heavy atom. The number of phenolic OH excluding ortho intramolecular Hbond substituents is 1. The van der Waals surface area contributed by atoms with Gasteiger partial charge in [-0.25, -0.2) is 0 Å². The van der Waals surface area contributed by atoms with Crippen molar-refractivity contribution in [3.05, 3.63) is 107 Å². The molecule has 5 aromatic rings. The van der Waals surface area contributed by atoms with Crippen molar-refractivity contribution in [2.45, 2.75) is 39.5 Å². The standard InChI is InChI=1S/C31H29N3O3/c1-20-16-25(31(2,3)4)30(36)28(17-20)34-32-26-15-14-24(19-27(26)33-34)37-23-12-10-21(11-13-23)18-29(35)22-8-6-5-7-9-22/h5-17,19,36H,18H2,1-4H3. The van der Waals surface area contributed by atoms with E-state index in [9.17, 15) is 9.90 Å². The van der Waals surface area contributed by atoms with Gasteiger partial charge in [0, 0.05) is 23.6 Å². The molecule has 6 heteroatoms. The molecule has 4 aromatic carbocycles. The molecule has 1 N–H and O–H groups in total. The highest BCUT2D eigenvalue weighted by molar-refractivity contribution is 5.97. The van der Waals surface area contributed by atoms with Gasteiger partial charge in [0.05, 0.1) is 0 Å². The lowest BCUT2D eigenvalue weighted by Gasteiger charge is -2.22. The molecule has 1 heterocycles. The second-order valence-corrected chi connectivity index (χ2v) is 10.3. The highest BCUT2D eigenvalue weighted by Gasteiger charge is 2.22. The molecule has 0 unspecified atom stereocenters. The molecule has 0 aliphatic carbocycles. The third-order valence-corrected chi connectivity index (χ3v) is 6.23. The number of nitrogens with zero attached hydrogens (tertiary/aromatic N) is 3. The molecule has 0 atom stereocenters. The number of carbonyl (C=O) groups is 1. The Morgan fingerprint density at radius 3 is 2.24 bits per heavy atom. The van der Waals surface area contributed by atoms with Gasteiger partial charge in [-0.15, -0.1) is 15.0 Å². The molecule has 1 aromatic heterocycles. The fraction of sp³-hybridized carbons (Fsp3) is 0.194. The summed E-state index contributed by atoms with van der Waals surface area (Å²) in [5, 5.41) is 20.2. The van der Waals surface area contributed by atoms with Crippen molar-refractivity contribution in [3.63, 3.8) is 0 Å². The van der Waals surface area contributed by atoms with Crippen LogP contribution in [0.15, 0.2) is 84.9 Å². The molecule has 0 saturated heterocycles. The zero-order valence-electron chi connectivity index (χ0n) is 21.4. The van der Waals surface area contributed by atoms with E-state index in [1.165, 1.54) is 4.80 Å². The maximum Gasteiger partial charge on any atom is 0.167 e. The van der Waals surface area contributed by atoms with Gasteiger partial charge >= 0.3 is 0 Å². The number of aromatic hydroxyl groups is 1. The van der Waals surface area contributed by atoms with Crippen LogP contribution in [0.3, 0.4) is 0 Å². The van der Waals surface area contributed by atoms with Crippen LogP contribution in [-0.2, 0) is 11.8 Å². The Labute approximate surface area is 216 Å². The molecule has 0 radical (unpaired) electrons. The predicted octanol–water partition coefficient (Wildman–Crippen LogP) is 6.95. The van der Waals surface area contributed by atoms with Crippen LogP contribution in [0.1, 0.15) is 47.8 Å². The lowest BCUT2D eigenvalue weighted by Crippen LogP contribution is -2.13. The van der Waals surface area contributed by atoms with Gasteiger partial charge in [0.25, 0.3) is 0 Å². The first-order valence-corrected chi connectivity index (χ1v) is 12.2. The summed E-state index contributed by atoms with van der Waals surface area (Å²) in [7, 11) is 0. The smallest absolute Gasteiger partial charge is 0.167 e. The van der Waals surface area contributed by atoms with E-state index in [-0.39, 0.29) is 16.9 Å². The Hall–Kier alpha value is -4.45. The maximum absolute atomic E-state index is 12.5. The van der Waals surface area contributed by atoms with Gasteiger partial charge in [-0.1, -0.05) is 69.3 Å². The number of hydrogen-bond acceptors (Lipinski definition) is 5. The second-order valence-electron chi connectivity index (χ2n) is 10.3. The van der Waals surface area contributed by atoms with Gasteiger partial charge < -0.3 is 9.84 Å². The third kappa shape index (κ3) is 5.23. The summed E-state index contributed by atoms with van der Waals surface area (Å²) in [6, 6.07) is 26.2. The largest absolute Gasteiger partial charge is 0.505 e. The van der Waals surface area contributed by atoms with Crippen LogP contribution in [0.2, 0.25) is 0 Å². The van der Waals surface area contributed by atoms with Crippen LogP contribution >= 0.6 is 0 Å². The van der Waals surface area contributed by atoms with Gasteiger partial charge in [0.1, 0.15) is 34.0 Å². The topological polar surface area (TPSA) is 77.2 Å². The van der Waals surface area contributed by atoms with E-state index in [0.29, 0.717) is 40.2 Å². The van der Waals surface area contributed by atoms with Crippen molar-refractivity contribution in [2.75, 3.05) is 0 Å². The molecular formula is C31H29N3O3. The first-order valence-electron chi connectivity index (χ1n) is 12.2. The zero-order valence-corrected chi connectivity index (χ0v) is 21.4. The van der Waals surface area contributed by atoms with E-state index in [4.69, 9.17) is 4.74 Å². The van der Waals surface area contributed by atoms with Crippen molar-refractivity contribution in [3.8, 4) is 22.9 Å². The summed E-state index contributed by atoms with van der Waals surface area (Å²) in [5.74, 6) is 1.54. The number of phenols is 1. The number of benzene rings is 4. The molecule has 0 fully saturated rings. The predicted molar refractivity (Wildman–Crippen MR) is 145 cm³/mol. The van der Waals surface area contributed by atoms with Crippen LogP contribution in [0, 0.1) is 6.92 Å². The van der Waals surface area contributed by atoms with E-state index in [0.717, 1.165) is 16.7 Å². The van der Waals surface area contributed by atoms with Crippen molar-refractivity contribution in [1.82, 2.24) is 15.0 Å². The maximum atomic E-state index is 12.5. The first-order chi connectivity index (χ1) is 17.7. The van der Waals surface area contributed by atoms with E-state index < -0.39 is 0 Å². The lowest BCUT2D eigenvalue weighted by molar-refractivity contribution is 0.0993. The average Bonchev–Trinajstić information content (AvgIpc) is 3.29. The van der Waals surface area contributed by atoms with Crippen LogP contribution in [0.5, 0.6) is 17.2 Å². The van der Waals surface area contributed by atoms with E-state index in [1.54, 1.807) is 0 Å². The number of carbonyl (C=O) groups excluding carboxylic acids is 1. The zero-order chi connectivity index (χ0) is 26.2. The summed E-state index contributed by atoms with van der Waals surface area (Å²) in [5.41, 5.74) is 5.18. The number of Topliss-reactive ketones (excluding diaryl/α,β-unsaturated/α-hetero) is 1. The van der Waals surface area contributed by atoms with E-state index in [1.807, 2.05) is 91.9 Å². The summed E-state index contributed by atoms with van der Waals surface area (Å²) in [6.45, 7) is 8.19. The summed E-state index contributed by atoms with van der Waals surface area (Å²) < 4.78 is 6.04. The Bertz CT molecular complexity index is 1580. The Morgan fingerprint density at radius 2 is 1.54 bits per heavy atom. The highest BCUT2D eigenvalue weighted by atomic mass is 16.5. The van der Waals surface area contributed by atoms with E-state index >= 15 is 0 Å². The van der Waals surface area contributed by atoms with Crippen molar-refractivity contribution < 1.29 is 14.6 Å². The number of ether oxygens (including phenoxy) is 1. The van der Waals surface area contributed by atoms with Crippen LogP contribution < -0.4 is 4.74 Å². The molecule has 37 heavy (non-hydrogen) atoms.